The number of hydrogen-bond donors (Lipinski definition) is 0. The molecule has 0 radical (unpaired) electrons. The van der Waals surface area contributed by atoms with Crippen molar-refractivity contribution in [2.75, 3.05) is 6.61 Å². The van der Waals surface area contributed by atoms with Gasteiger partial charge in [-0.15, -0.1) is 0 Å². The molecule has 0 aliphatic carbocycles. The first kappa shape index (κ1) is 12.3. The highest BCUT2D eigenvalue weighted by Gasteiger charge is 2.10. The Morgan fingerprint density at radius 3 is 2.56 bits per heavy atom. The van der Waals surface area contributed by atoms with E-state index in [1.807, 2.05) is 19.9 Å². The normalized spacial score (nSPS) is 10.1. The van der Waals surface area contributed by atoms with E-state index in [1.54, 1.807) is 36.5 Å². The molecule has 0 fully saturated rings. The molecule has 92 valence electrons. The van der Waals surface area contributed by atoms with E-state index in [2.05, 4.69) is 4.98 Å². The number of carbonyl (C=O) groups excluding carboxylic acids is 1. The molecule has 3 heteroatoms. The number of ether oxygens (including phenoxy) is 1. The van der Waals surface area contributed by atoms with E-state index in [0.717, 1.165) is 11.3 Å². The summed E-state index contributed by atoms with van der Waals surface area (Å²) < 4.78 is 5.34. The van der Waals surface area contributed by atoms with Gasteiger partial charge in [0, 0.05) is 11.8 Å². The lowest BCUT2D eigenvalue weighted by molar-refractivity contribution is 0.103. The average Bonchev–Trinajstić information content (AvgIpc) is 2.39. The molecule has 0 unspecified atom stereocenters. The Labute approximate surface area is 106 Å². The summed E-state index contributed by atoms with van der Waals surface area (Å²) >= 11 is 0. The number of carbonyl (C=O) groups is 1. The zero-order valence-electron chi connectivity index (χ0n) is 10.5. The molecule has 3 nitrogen and oxygen atoms in total. The third-order valence-electron chi connectivity index (χ3n) is 2.58. The number of ketones is 1. The van der Waals surface area contributed by atoms with Gasteiger partial charge in [0.1, 0.15) is 11.4 Å². The molecule has 0 aliphatic heterocycles. The minimum atomic E-state index is -0.0678. The van der Waals surface area contributed by atoms with Gasteiger partial charge in [-0.25, -0.2) is 0 Å². The summed E-state index contributed by atoms with van der Waals surface area (Å²) in [6.07, 6.45) is 1.65. The van der Waals surface area contributed by atoms with Gasteiger partial charge in [-0.05, 0) is 55.8 Å². The summed E-state index contributed by atoms with van der Waals surface area (Å²) in [5.41, 5.74) is 2.12. The number of aryl methyl sites for hydroxylation is 1. The highest BCUT2D eigenvalue weighted by atomic mass is 16.5. The maximum Gasteiger partial charge on any atom is 0.211 e. The van der Waals surface area contributed by atoms with Crippen molar-refractivity contribution in [3.8, 4) is 5.75 Å². The highest BCUT2D eigenvalue weighted by Crippen LogP contribution is 2.15. The number of nitrogens with zero attached hydrogens (tertiary/aromatic N) is 1. The van der Waals surface area contributed by atoms with Gasteiger partial charge in [0.15, 0.2) is 0 Å². The Hall–Kier alpha value is -2.16. The van der Waals surface area contributed by atoms with Crippen LogP contribution in [0.2, 0.25) is 0 Å². The van der Waals surface area contributed by atoms with E-state index >= 15 is 0 Å². The van der Waals surface area contributed by atoms with Crippen molar-refractivity contribution in [3.05, 3.63) is 59.4 Å². The van der Waals surface area contributed by atoms with Crippen molar-refractivity contribution in [2.45, 2.75) is 13.8 Å². The summed E-state index contributed by atoms with van der Waals surface area (Å²) in [4.78, 5) is 16.3. The molecule has 1 aromatic heterocycles. The smallest absolute Gasteiger partial charge is 0.211 e. The minimum absolute atomic E-state index is 0.0678. The van der Waals surface area contributed by atoms with Crippen LogP contribution in [-0.4, -0.2) is 17.4 Å². The number of aromatic nitrogens is 1. The first-order valence-electron chi connectivity index (χ1n) is 5.91. The fourth-order valence-corrected chi connectivity index (χ4v) is 1.68. The summed E-state index contributed by atoms with van der Waals surface area (Å²) in [6, 6.07) is 10.8. The van der Waals surface area contributed by atoms with E-state index in [4.69, 9.17) is 4.74 Å². The molecule has 2 aromatic rings. The third kappa shape index (κ3) is 2.74. The highest BCUT2D eigenvalue weighted by molar-refractivity contribution is 6.07. The van der Waals surface area contributed by atoms with Crippen molar-refractivity contribution >= 4 is 5.78 Å². The molecule has 0 saturated heterocycles. The fraction of sp³-hybridized carbons (Fsp3) is 0.200. The van der Waals surface area contributed by atoms with Crippen LogP contribution in [0.1, 0.15) is 28.5 Å². The van der Waals surface area contributed by atoms with Crippen LogP contribution in [0.5, 0.6) is 5.75 Å². The number of hydrogen-bond acceptors (Lipinski definition) is 3. The van der Waals surface area contributed by atoms with Crippen LogP contribution >= 0.6 is 0 Å². The fourth-order valence-electron chi connectivity index (χ4n) is 1.68. The molecule has 18 heavy (non-hydrogen) atoms. The van der Waals surface area contributed by atoms with Gasteiger partial charge >= 0.3 is 0 Å². The lowest BCUT2D eigenvalue weighted by Gasteiger charge is -2.04. The zero-order valence-corrected chi connectivity index (χ0v) is 10.5. The van der Waals surface area contributed by atoms with Crippen LogP contribution < -0.4 is 4.74 Å². The first-order chi connectivity index (χ1) is 8.70. The lowest BCUT2D eigenvalue weighted by Crippen LogP contribution is -2.04. The van der Waals surface area contributed by atoms with Crippen molar-refractivity contribution in [3.63, 3.8) is 0 Å². The van der Waals surface area contributed by atoms with Crippen LogP contribution in [0.15, 0.2) is 42.6 Å². The van der Waals surface area contributed by atoms with E-state index in [-0.39, 0.29) is 5.78 Å². The van der Waals surface area contributed by atoms with Crippen molar-refractivity contribution in [1.82, 2.24) is 4.98 Å². The Kier molecular flexibility index (Phi) is 3.72. The van der Waals surface area contributed by atoms with E-state index in [9.17, 15) is 4.79 Å². The van der Waals surface area contributed by atoms with Crippen LogP contribution in [0, 0.1) is 6.92 Å². The minimum Gasteiger partial charge on any atom is -0.494 e. The summed E-state index contributed by atoms with van der Waals surface area (Å²) in [5.74, 6) is 0.702. The van der Waals surface area contributed by atoms with Gasteiger partial charge in [-0.1, -0.05) is 0 Å². The molecule has 0 amide bonds. The molecular formula is C15H15NO2. The number of pyridine rings is 1. The standard InChI is InChI=1S/C15H15NO2/c1-3-18-13-6-4-12(5-7-13)15(17)14-10-11(2)8-9-16-14/h4-10H,3H2,1-2H3. The zero-order chi connectivity index (χ0) is 13.0. The maximum atomic E-state index is 12.2. The SMILES string of the molecule is CCOc1ccc(C(=O)c2cc(C)ccn2)cc1. The largest absolute Gasteiger partial charge is 0.494 e. The number of benzene rings is 1. The molecule has 2 rings (SSSR count). The predicted molar refractivity (Wildman–Crippen MR) is 70.0 cm³/mol. The second kappa shape index (κ2) is 5.45. The Morgan fingerprint density at radius 1 is 1.22 bits per heavy atom. The molecule has 0 aliphatic rings. The van der Waals surface area contributed by atoms with Crippen molar-refractivity contribution in [1.29, 1.82) is 0 Å². The molecule has 0 spiro atoms. The van der Waals surface area contributed by atoms with Gasteiger partial charge < -0.3 is 4.74 Å². The van der Waals surface area contributed by atoms with Gasteiger partial charge in [0.05, 0.1) is 6.61 Å². The van der Waals surface area contributed by atoms with Gasteiger partial charge in [0.25, 0.3) is 0 Å². The van der Waals surface area contributed by atoms with Crippen LogP contribution in [-0.2, 0) is 0 Å². The van der Waals surface area contributed by atoms with Crippen molar-refractivity contribution in [2.24, 2.45) is 0 Å². The second-order valence-electron chi connectivity index (χ2n) is 4.00. The van der Waals surface area contributed by atoms with E-state index in [0.29, 0.717) is 17.9 Å². The quantitative estimate of drug-likeness (QED) is 0.772. The summed E-state index contributed by atoms with van der Waals surface area (Å²) in [6.45, 7) is 4.49. The molecule has 0 atom stereocenters. The molecule has 0 N–H and O–H groups in total. The van der Waals surface area contributed by atoms with E-state index in [1.165, 1.54) is 0 Å². The predicted octanol–water partition coefficient (Wildman–Crippen LogP) is 3.02. The molecule has 1 aromatic carbocycles. The third-order valence-corrected chi connectivity index (χ3v) is 2.58. The monoisotopic (exact) mass is 241 g/mol. The Morgan fingerprint density at radius 2 is 1.94 bits per heavy atom. The van der Waals surface area contributed by atoms with Crippen LogP contribution in [0.3, 0.4) is 0 Å². The molecule has 1 heterocycles. The molecule has 0 bridgehead atoms. The Balaban J connectivity index is 2.23. The topological polar surface area (TPSA) is 39.2 Å². The van der Waals surface area contributed by atoms with Crippen molar-refractivity contribution < 1.29 is 9.53 Å². The molecule has 0 saturated carbocycles. The summed E-state index contributed by atoms with van der Waals surface area (Å²) in [7, 11) is 0. The van der Waals surface area contributed by atoms with Gasteiger partial charge in [0.2, 0.25) is 5.78 Å². The first-order valence-corrected chi connectivity index (χ1v) is 5.91. The lowest BCUT2D eigenvalue weighted by atomic mass is 10.1. The van der Waals surface area contributed by atoms with Gasteiger partial charge in [-0.3, -0.25) is 9.78 Å². The van der Waals surface area contributed by atoms with Crippen LogP contribution in [0.25, 0.3) is 0 Å². The van der Waals surface area contributed by atoms with Crippen LogP contribution in [0.4, 0.5) is 0 Å². The van der Waals surface area contributed by atoms with E-state index < -0.39 is 0 Å². The average molecular weight is 241 g/mol. The maximum absolute atomic E-state index is 12.2. The second-order valence-corrected chi connectivity index (χ2v) is 4.00. The molecular weight excluding hydrogens is 226 g/mol. The number of rotatable bonds is 4. The van der Waals surface area contributed by atoms with Gasteiger partial charge in [-0.2, -0.15) is 0 Å². The summed E-state index contributed by atoms with van der Waals surface area (Å²) in [5, 5.41) is 0. The Bertz CT molecular complexity index is 547.